The second-order valence-electron chi connectivity index (χ2n) is 6.72. The molecule has 0 saturated heterocycles. The summed E-state index contributed by atoms with van der Waals surface area (Å²) in [5, 5.41) is 20.7. The Hall–Kier alpha value is -3.92. The van der Waals surface area contributed by atoms with Gasteiger partial charge in [-0.25, -0.2) is 15.0 Å². The van der Waals surface area contributed by atoms with Crippen LogP contribution in [0.4, 0.5) is 5.82 Å². The highest BCUT2D eigenvalue weighted by Crippen LogP contribution is 2.37. The van der Waals surface area contributed by atoms with Crippen molar-refractivity contribution in [1.29, 1.82) is 5.26 Å². The maximum Gasteiger partial charge on any atom is 0.139 e. The number of H-pyrrole nitrogens is 1. The Kier molecular flexibility index (Phi) is 3.97. The van der Waals surface area contributed by atoms with Gasteiger partial charge in [-0.05, 0) is 49.6 Å². The topological polar surface area (TPSA) is 124 Å². The number of aromatic hydroxyl groups is 1. The van der Waals surface area contributed by atoms with E-state index in [1.54, 1.807) is 25.4 Å². The zero-order chi connectivity index (χ0) is 20.0. The molecular formula is C21H18N6O. The Morgan fingerprint density at radius 2 is 1.86 bits per heavy atom. The molecule has 7 nitrogen and oxygen atoms in total. The zero-order valence-corrected chi connectivity index (χ0v) is 15.7. The summed E-state index contributed by atoms with van der Waals surface area (Å²) in [5.41, 5.74) is 11.6. The lowest BCUT2D eigenvalue weighted by molar-refractivity contribution is 0.471. The van der Waals surface area contributed by atoms with Crippen LogP contribution in [0.25, 0.3) is 33.4 Å². The summed E-state index contributed by atoms with van der Waals surface area (Å²) in [7, 11) is 0. The van der Waals surface area contributed by atoms with Crippen molar-refractivity contribution in [3.05, 3.63) is 53.1 Å². The fourth-order valence-corrected chi connectivity index (χ4v) is 3.48. The summed E-state index contributed by atoms with van der Waals surface area (Å²) in [6.07, 6.45) is 3.31. The van der Waals surface area contributed by atoms with Crippen LogP contribution in [-0.4, -0.2) is 25.0 Å². The smallest absolute Gasteiger partial charge is 0.139 e. The number of nitrogen functional groups attached to an aromatic ring is 1. The number of nitrogens with one attached hydrogen (secondary N) is 1. The molecule has 0 radical (unpaired) electrons. The van der Waals surface area contributed by atoms with Gasteiger partial charge in [-0.2, -0.15) is 5.26 Å². The minimum atomic E-state index is 0.184. The Bertz CT molecular complexity index is 1280. The molecule has 4 aromatic rings. The normalized spacial score (nSPS) is 10.9. The van der Waals surface area contributed by atoms with Crippen LogP contribution < -0.4 is 5.73 Å². The zero-order valence-electron chi connectivity index (χ0n) is 15.7. The monoisotopic (exact) mass is 370 g/mol. The average Bonchev–Trinajstić information content (AvgIpc) is 3.08. The van der Waals surface area contributed by atoms with Gasteiger partial charge in [0.15, 0.2) is 0 Å². The van der Waals surface area contributed by atoms with Gasteiger partial charge >= 0.3 is 0 Å². The highest BCUT2D eigenvalue weighted by molar-refractivity contribution is 5.95. The number of aryl methyl sites for hydroxylation is 2. The van der Waals surface area contributed by atoms with Crippen LogP contribution in [0.5, 0.6) is 5.75 Å². The second-order valence-corrected chi connectivity index (χ2v) is 6.72. The SMILES string of the molecule is Cc1ncc(-c2cc3c(C#N)c(-c4c(C)ccc(O)c4C)cnc3[nH]2)c(N)n1. The summed E-state index contributed by atoms with van der Waals surface area (Å²) < 4.78 is 0. The minimum absolute atomic E-state index is 0.184. The van der Waals surface area contributed by atoms with E-state index >= 15 is 0 Å². The van der Waals surface area contributed by atoms with Crippen molar-refractivity contribution in [1.82, 2.24) is 19.9 Å². The van der Waals surface area contributed by atoms with E-state index in [2.05, 4.69) is 26.0 Å². The molecule has 4 rings (SSSR count). The number of fused-ring (bicyclic) bond motifs is 1. The predicted molar refractivity (Wildman–Crippen MR) is 108 cm³/mol. The average molecular weight is 370 g/mol. The molecule has 4 N–H and O–H groups in total. The van der Waals surface area contributed by atoms with E-state index < -0.39 is 0 Å². The van der Waals surface area contributed by atoms with E-state index in [1.165, 1.54) is 0 Å². The molecule has 28 heavy (non-hydrogen) atoms. The quantitative estimate of drug-likeness (QED) is 0.493. The highest BCUT2D eigenvalue weighted by atomic mass is 16.3. The van der Waals surface area contributed by atoms with E-state index in [0.717, 1.165) is 11.1 Å². The lowest BCUT2D eigenvalue weighted by Gasteiger charge is -2.13. The molecule has 0 amide bonds. The van der Waals surface area contributed by atoms with Gasteiger partial charge in [-0.3, -0.25) is 0 Å². The lowest BCUT2D eigenvalue weighted by Crippen LogP contribution is -1.98. The number of pyridine rings is 1. The first-order valence-electron chi connectivity index (χ1n) is 8.71. The van der Waals surface area contributed by atoms with E-state index in [9.17, 15) is 10.4 Å². The van der Waals surface area contributed by atoms with Gasteiger partial charge in [0.1, 0.15) is 29.1 Å². The minimum Gasteiger partial charge on any atom is -0.508 e. The highest BCUT2D eigenvalue weighted by Gasteiger charge is 2.18. The van der Waals surface area contributed by atoms with Crippen molar-refractivity contribution in [3.63, 3.8) is 0 Å². The number of nitriles is 1. The molecule has 138 valence electrons. The third-order valence-electron chi connectivity index (χ3n) is 4.91. The first kappa shape index (κ1) is 17.5. The van der Waals surface area contributed by atoms with E-state index in [1.807, 2.05) is 26.0 Å². The summed E-state index contributed by atoms with van der Waals surface area (Å²) in [6, 6.07) is 7.61. The standard InChI is InChI=1S/C21H18N6O/c1-10-4-5-18(28)11(2)19(10)15-8-25-21-13(14(15)7-22)6-17(27-21)16-9-24-12(3)26-20(16)23/h4-6,8-9,28H,1-3H3,(H,25,27)(H2,23,24,26). The Balaban J connectivity index is 1.98. The first-order chi connectivity index (χ1) is 13.4. The number of hydrogen-bond acceptors (Lipinski definition) is 6. The van der Waals surface area contributed by atoms with Gasteiger partial charge in [0.2, 0.25) is 0 Å². The summed E-state index contributed by atoms with van der Waals surface area (Å²) in [6.45, 7) is 5.54. The molecule has 0 unspecified atom stereocenters. The number of anilines is 1. The lowest BCUT2D eigenvalue weighted by atomic mass is 9.92. The number of phenols is 1. The van der Waals surface area contributed by atoms with Gasteiger partial charge in [0, 0.05) is 23.3 Å². The Labute approximate surface area is 161 Å². The molecule has 0 fully saturated rings. The number of phenolic OH excluding ortho intramolecular Hbond substituents is 1. The third-order valence-corrected chi connectivity index (χ3v) is 4.91. The first-order valence-corrected chi connectivity index (χ1v) is 8.71. The summed E-state index contributed by atoms with van der Waals surface area (Å²) in [5.74, 6) is 1.13. The number of nitrogens with two attached hydrogens (primary N) is 1. The van der Waals surface area contributed by atoms with Crippen LogP contribution in [0, 0.1) is 32.1 Å². The molecule has 0 spiro atoms. The van der Waals surface area contributed by atoms with Crippen LogP contribution in [0.1, 0.15) is 22.5 Å². The molecule has 0 atom stereocenters. The van der Waals surface area contributed by atoms with Crippen LogP contribution in [0.3, 0.4) is 0 Å². The van der Waals surface area contributed by atoms with Crippen molar-refractivity contribution >= 4 is 16.9 Å². The molecular weight excluding hydrogens is 352 g/mol. The molecule has 0 aliphatic heterocycles. The van der Waals surface area contributed by atoms with E-state index in [4.69, 9.17) is 5.73 Å². The van der Waals surface area contributed by atoms with Gasteiger partial charge in [-0.1, -0.05) is 6.07 Å². The van der Waals surface area contributed by atoms with Crippen molar-refractivity contribution in [2.45, 2.75) is 20.8 Å². The number of aromatic amines is 1. The predicted octanol–water partition coefficient (Wildman–Crippen LogP) is 3.77. The maximum atomic E-state index is 10.1. The number of nitrogens with zero attached hydrogens (tertiary/aromatic N) is 4. The summed E-state index contributed by atoms with van der Waals surface area (Å²) >= 11 is 0. The largest absolute Gasteiger partial charge is 0.508 e. The van der Waals surface area contributed by atoms with E-state index in [0.29, 0.717) is 50.6 Å². The number of hydrogen-bond donors (Lipinski definition) is 3. The van der Waals surface area contributed by atoms with Crippen molar-refractivity contribution in [3.8, 4) is 34.2 Å². The van der Waals surface area contributed by atoms with Crippen molar-refractivity contribution in [2.75, 3.05) is 5.73 Å². The fraction of sp³-hybridized carbons (Fsp3) is 0.143. The number of aromatic nitrogens is 4. The fourth-order valence-electron chi connectivity index (χ4n) is 3.48. The Morgan fingerprint density at radius 3 is 2.57 bits per heavy atom. The van der Waals surface area contributed by atoms with Gasteiger partial charge in [0.05, 0.1) is 16.8 Å². The van der Waals surface area contributed by atoms with Crippen LogP contribution in [0.2, 0.25) is 0 Å². The molecule has 3 aromatic heterocycles. The van der Waals surface area contributed by atoms with E-state index in [-0.39, 0.29) is 5.75 Å². The van der Waals surface area contributed by atoms with Gasteiger partial charge < -0.3 is 15.8 Å². The van der Waals surface area contributed by atoms with Crippen molar-refractivity contribution < 1.29 is 5.11 Å². The summed E-state index contributed by atoms with van der Waals surface area (Å²) in [4.78, 5) is 16.1. The molecule has 0 aliphatic rings. The molecule has 0 aliphatic carbocycles. The number of rotatable bonds is 2. The molecule has 1 aromatic carbocycles. The van der Waals surface area contributed by atoms with Crippen LogP contribution in [-0.2, 0) is 0 Å². The Morgan fingerprint density at radius 1 is 1.11 bits per heavy atom. The van der Waals surface area contributed by atoms with Gasteiger partial charge in [0.25, 0.3) is 0 Å². The molecule has 7 heteroatoms. The van der Waals surface area contributed by atoms with Crippen molar-refractivity contribution in [2.24, 2.45) is 0 Å². The number of benzene rings is 1. The third kappa shape index (κ3) is 2.63. The molecule has 0 bridgehead atoms. The maximum absolute atomic E-state index is 10.1. The molecule has 3 heterocycles. The van der Waals surface area contributed by atoms with Crippen LogP contribution >= 0.6 is 0 Å². The van der Waals surface area contributed by atoms with Crippen LogP contribution in [0.15, 0.2) is 30.6 Å². The van der Waals surface area contributed by atoms with Gasteiger partial charge in [-0.15, -0.1) is 0 Å². The molecule has 0 saturated carbocycles. The second kappa shape index (κ2) is 6.35.